The molecule has 0 heterocycles. The van der Waals surface area contributed by atoms with Crippen molar-refractivity contribution in [3.63, 3.8) is 0 Å². The van der Waals surface area contributed by atoms with E-state index in [1.54, 1.807) is 0 Å². The van der Waals surface area contributed by atoms with Gasteiger partial charge in [-0.15, -0.1) is 12.4 Å². The lowest BCUT2D eigenvalue weighted by Gasteiger charge is -2.60. The molecule has 4 rings (SSSR count). The molecule has 1 unspecified atom stereocenters. The Labute approximate surface area is 179 Å². The first-order chi connectivity index (χ1) is 13.3. The minimum Gasteiger partial charge on any atom is -0.462 e. The zero-order chi connectivity index (χ0) is 20.1. The number of nitrogens with two attached hydrogens (primary N) is 1. The Morgan fingerprint density at radius 3 is 2.69 bits per heavy atom. The third kappa shape index (κ3) is 3.50. The Hall–Kier alpha value is -1.14. The molecule has 4 aliphatic carbocycles. The minimum atomic E-state index is -0.231. The molecule has 0 bridgehead atoms. The average molecular weight is 427 g/mol. The maximum absolute atomic E-state index is 12.6. The van der Waals surface area contributed by atoms with Gasteiger partial charge in [-0.2, -0.15) is 0 Å². The molecular formula is C22H35ClN2O4. The van der Waals surface area contributed by atoms with E-state index < -0.39 is 0 Å². The largest absolute Gasteiger partial charge is 0.462 e. The smallest absolute Gasteiger partial charge is 0.307 e. The number of nitrogens with zero attached hydrogens (tertiary/aromatic N) is 1. The standard InChI is InChI=1S/C22H34N2O4.ClH/c1-21-8-5-13(28-20(26)7-10-23)11-17(21)18(24-27)12-14-15-3-4-19(25)22(15,2)9-6-16(14)21;/h13-17,27H,3-12,23H2,1-2H3;1H/b24-18+;/t13-,14-,15-,16-,17?,21+,22-;/m0./s1. The number of esters is 1. The van der Waals surface area contributed by atoms with Gasteiger partial charge in [0.25, 0.3) is 0 Å². The van der Waals surface area contributed by atoms with Crippen LogP contribution in [-0.2, 0) is 14.3 Å². The van der Waals surface area contributed by atoms with Crippen LogP contribution in [0.3, 0.4) is 0 Å². The molecule has 4 aliphatic rings. The van der Waals surface area contributed by atoms with Crippen LogP contribution in [0.4, 0.5) is 0 Å². The Balaban J connectivity index is 0.00000240. The van der Waals surface area contributed by atoms with Crippen LogP contribution in [0.15, 0.2) is 5.16 Å². The number of halogens is 1. The lowest BCUT2D eigenvalue weighted by atomic mass is 9.44. The topological polar surface area (TPSA) is 102 Å². The van der Waals surface area contributed by atoms with E-state index in [9.17, 15) is 14.8 Å². The summed E-state index contributed by atoms with van der Waals surface area (Å²) in [4.78, 5) is 24.5. The SMILES string of the molecule is C[C@]12CC[C@H](OC(=O)CCN)CC1/C(=N/O)C[C@@H]1[C@@H]2CC[C@]2(C)C(=O)CC[C@@H]12.Cl. The van der Waals surface area contributed by atoms with Gasteiger partial charge < -0.3 is 15.7 Å². The van der Waals surface area contributed by atoms with Crippen LogP contribution < -0.4 is 5.73 Å². The summed E-state index contributed by atoms with van der Waals surface area (Å²) in [7, 11) is 0. The number of rotatable bonds is 3. The Morgan fingerprint density at radius 2 is 2.00 bits per heavy atom. The average Bonchev–Trinajstić information content (AvgIpc) is 2.97. The van der Waals surface area contributed by atoms with Gasteiger partial charge in [-0.1, -0.05) is 19.0 Å². The molecule has 0 radical (unpaired) electrons. The summed E-state index contributed by atoms with van der Waals surface area (Å²) in [6.45, 7) is 4.82. The molecule has 0 spiro atoms. The Morgan fingerprint density at radius 1 is 1.24 bits per heavy atom. The highest BCUT2D eigenvalue weighted by Crippen LogP contribution is 2.65. The number of carbonyl (C=O) groups excluding carboxylic acids is 2. The molecule has 0 aliphatic heterocycles. The van der Waals surface area contributed by atoms with Crippen molar-refractivity contribution in [2.75, 3.05) is 6.54 Å². The summed E-state index contributed by atoms with van der Waals surface area (Å²) in [6.07, 6.45) is 7.21. The summed E-state index contributed by atoms with van der Waals surface area (Å²) in [5.74, 6) is 1.73. The van der Waals surface area contributed by atoms with Crippen molar-refractivity contribution in [2.24, 2.45) is 45.4 Å². The number of Topliss-reactive ketones (excluding diaryl/α,β-unsaturated/α-hetero) is 1. The molecule has 0 aromatic carbocycles. The van der Waals surface area contributed by atoms with Gasteiger partial charge in [-0.25, -0.2) is 0 Å². The van der Waals surface area contributed by atoms with Crippen LogP contribution in [0, 0.1) is 34.5 Å². The fourth-order valence-corrected chi connectivity index (χ4v) is 7.38. The lowest BCUT2D eigenvalue weighted by molar-refractivity contribution is -0.155. The van der Waals surface area contributed by atoms with Gasteiger partial charge >= 0.3 is 5.97 Å². The molecule has 4 fully saturated rings. The van der Waals surface area contributed by atoms with Gasteiger partial charge in [0.05, 0.1) is 12.1 Å². The number of hydrogen-bond donors (Lipinski definition) is 2. The number of fused-ring (bicyclic) bond motifs is 5. The van der Waals surface area contributed by atoms with E-state index in [0.29, 0.717) is 36.5 Å². The fraction of sp³-hybridized carbons (Fsp3) is 0.864. The number of ether oxygens (including phenoxy) is 1. The quantitative estimate of drug-likeness (QED) is 0.406. The zero-order valence-corrected chi connectivity index (χ0v) is 18.4. The molecule has 164 valence electrons. The van der Waals surface area contributed by atoms with Crippen molar-refractivity contribution in [1.82, 2.24) is 0 Å². The number of ketones is 1. The van der Waals surface area contributed by atoms with Crippen LogP contribution in [0.5, 0.6) is 0 Å². The van der Waals surface area contributed by atoms with Gasteiger partial charge in [-0.3, -0.25) is 9.59 Å². The third-order valence-corrected chi connectivity index (χ3v) is 8.91. The summed E-state index contributed by atoms with van der Waals surface area (Å²) < 4.78 is 5.65. The molecule has 0 amide bonds. The van der Waals surface area contributed by atoms with E-state index in [0.717, 1.165) is 50.7 Å². The molecule has 4 saturated carbocycles. The predicted octanol–water partition coefficient (Wildman–Crippen LogP) is 3.72. The minimum absolute atomic E-state index is 0. The van der Waals surface area contributed by atoms with E-state index >= 15 is 0 Å². The van der Waals surface area contributed by atoms with Gasteiger partial charge in [0.15, 0.2) is 0 Å². The molecule has 7 heteroatoms. The zero-order valence-electron chi connectivity index (χ0n) is 17.6. The third-order valence-electron chi connectivity index (χ3n) is 8.91. The number of oxime groups is 1. The normalized spacial score (nSPS) is 45.0. The lowest BCUT2D eigenvalue weighted by Crippen LogP contribution is -2.57. The van der Waals surface area contributed by atoms with Crippen LogP contribution in [0.1, 0.15) is 71.6 Å². The first-order valence-corrected chi connectivity index (χ1v) is 11.0. The molecule has 3 N–H and O–H groups in total. The van der Waals surface area contributed by atoms with E-state index in [-0.39, 0.29) is 47.6 Å². The summed E-state index contributed by atoms with van der Waals surface area (Å²) in [5, 5.41) is 13.6. The van der Waals surface area contributed by atoms with Crippen LogP contribution >= 0.6 is 12.4 Å². The monoisotopic (exact) mass is 426 g/mol. The maximum Gasteiger partial charge on any atom is 0.307 e. The van der Waals surface area contributed by atoms with Crippen LogP contribution in [-0.4, -0.2) is 35.3 Å². The van der Waals surface area contributed by atoms with Crippen LogP contribution in [0.2, 0.25) is 0 Å². The molecule has 6 nitrogen and oxygen atoms in total. The van der Waals surface area contributed by atoms with E-state index in [2.05, 4.69) is 19.0 Å². The number of hydrogen-bond acceptors (Lipinski definition) is 6. The highest BCUT2D eigenvalue weighted by Gasteiger charge is 2.62. The summed E-state index contributed by atoms with van der Waals surface area (Å²) in [6, 6.07) is 0. The second-order valence-electron chi connectivity index (χ2n) is 10.1. The van der Waals surface area contributed by atoms with Crippen molar-refractivity contribution in [3.05, 3.63) is 0 Å². The van der Waals surface area contributed by atoms with Gasteiger partial charge in [0.1, 0.15) is 11.9 Å². The maximum atomic E-state index is 12.6. The van der Waals surface area contributed by atoms with E-state index in [4.69, 9.17) is 10.5 Å². The van der Waals surface area contributed by atoms with Gasteiger partial charge in [0, 0.05) is 24.3 Å². The Bertz CT molecular complexity index is 698. The predicted molar refractivity (Wildman–Crippen MR) is 112 cm³/mol. The van der Waals surface area contributed by atoms with Gasteiger partial charge in [0.2, 0.25) is 0 Å². The second-order valence-corrected chi connectivity index (χ2v) is 10.1. The van der Waals surface area contributed by atoms with E-state index in [1.807, 2.05) is 0 Å². The first-order valence-electron chi connectivity index (χ1n) is 11.0. The van der Waals surface area contributed by atoms with Crippen LogP contribution in [0.25, 0.3) is 0 Å². The molecule has 0 saturated heterocycles. The van der Waals surface area contributed by atoms with Crippen molar-refractivity contribution >= 4 is 29.9 Å². The fourth-order valence-electron chi connectivity index (χ4n) is 7.38. The second kappa shape index (κ2) is 8.18. The molecule has 7 atom stereocenters. The van der Waals surface area contributed by atoms with Crippen molar-refractivity contribution in [1.29, 1.82) is 0 Å². The number of carbonyl (C=O) groups is 2. The highest BCUT2D eigenvalue weighted by molar-refractivity contribution is 5.90. The molecular weight excluding hydrogens is 392 g/mol. The Kier molecular flexibility index (Phi) is 6.36. The van der Waals surface area contributed by atoms with E-state index in [1.165, 1.54) is 0 Å². The summed E-state index contributed by atoms with van der Waals surface area (Å²) in [5.41, 5.74) is 6.19. The van der Waals surface area contributed by atoms with Crippen molar-refractivity contribution in [2.45, 2.75) is 77.7 Å². The highest BCUT2D eigenvalue weighted by atomic mass is 35.5. The first kappa shape index (κ1) is 22.5. The van der Waals surface area contributed by atoms with Crippen molar-refractivity contribution in [3.8, 4) is 0 Å². The van der Waals surface area contributed by atoms with Gasteiger partial charge in [-0.05, 0) is 68.1 Å². The summed E-state index contributed by atoms with van der Waals surface area (Å²) >= 11 is 0. The molecule has 0 aromatic heterocycles. The molecule has 0 aromatic rings. The molecule has 29 heavy (non-hydrogen) atoms. The van der Waals surface area contributed by atoms with Crippen molar-refractivity contribution < 1.29 is 19.5 Å².